The zero-order chi connectivity index (χ0) is 6.10. The summed E-state index contributed by atoms with van der Waals surface area (Å²) < 4.78 is 0. The van der Waals surface area contributed by atoms with Gasteiger partial charge in [-0.25, -0.2) is 9.97 Å². The number of nitrogens with zero attached hydrogens (tertiary/aromatic N) is 2. The van der Waals surface area contributed by atoms with Crippen molar-refractivity contribution in [3.63, 3.8) is 0 Å². The maximum absolute atomic E-state index is 4.00. The fourth-order valence-electron chi connectivity index (χ4n) is 0.775. The van der Waals surface area contributed by atoms with Gasteiger partial charge in [0.25, 0.3) is 0 Å². The molecule has 2 aromatic rings. The van der Waals surface area contributed by atoms with Crippen molar-refractivity contribution in [2.24, 2.45) is 0 Å². The molecule has 0 saturated heterocycles. The zero-order valence-electron chi connectivity index (χ0n) is 5.41. The van der Waals surface area contributed by atoms with Crippen LogP contribution < -0.4 is 0 Å². The SMILES string of the molecule is [Mg].c1cnc2nc[nH]c2c1. The summed E-state index contributed by atoms with van der Waals surface area (Å²) in [5, 5.41) is 0. The molecule has 0 bridgehead atoms. The standard InChI is InChI=1S/C6H5N3.Mg/c1-2-5-6(7-3-1)9-4-8-5;/h1-4H,(H,7,8,9);. The highest BCUT2D eigenvalue weighted by Crippen LogP contribution is 2.01. The fourth-order valence-corrected chi connectivity index (χ4v) is 0.775. The van der Waals surface area contributed by atoms with Gasteiger partial charge in [-0.3, -0.25) is 0 Å². The van der Waals surface area contributed by atoms with Gasteiger partial charge in [0.2, 0.25) is 0 Å². The minimum absolute atomic E-state index is 0. The van der Waals surface area contributed by atoms with Crippen LogP contribution in [0.4, 0.5) is 0 Å². The molecule has 2 rings (SSSR count). The predicted molar refractivity (Wildman–Crippen MR) is 39.6 cm³/mol. The predicted octanol–water partition coefficient (Wildman–Crippen LogP) is 0.577. The van der Waals surface area contributed by atoms with E-state index in [-0.39, 0.29) is 23.1 Å². The minimum Gasteiger partial charge on any atom is -0.343 e. The van der Waals surface area contributed by atoms with E-state index in [0.29, 0.717) is 0 Å². The van der Waals surface area contributed by atoms with Gasteiger partial charge in [-0.05, 0) is 12.1 Å². The molecule has 0 fully saturated rings. The van der Waals surface area contributed by atoms with E-state index in [0.717, 1.165) is 11.2 Å². The Hall–Kier alpha value is -0.614. The summed E-state index contributed by atoms with van der Waals surface area (Å²) in [6.07, 6.45) is 3.36. The van der Waals surface area contributed by atoms with Crippen LogP contribution in [0, 0.1) is 0 Å². The quantitative estimate of drug-likeness (QED) is 0.548. The van der Waals surface area contributed by atoms with Gasteiger partial charge >= 0.3 is 0 Å². The molecule has 0 atom stereocenters. The fraction of sp³-hybridized carbons (Fsp3) is 0. The lowest BCUT2D eigenvalue weighted by Crippen LogP contribution is -1.71. The number of aromatic amines is 1. The molecule has 2 radical (unpaired) electrons. The van der Waals surface area contributed by atoms with Crippen LogP contribution in [0.1, 0.15) is 0 Å². The Morgan fingerprint density at radius 3 is 3.00 bits per heavy atom. The van der Waals surface area contributed by atoms with Crippen molar-refractivity contribution >= 4 is 34.2 Å². The number of fused-ring (bicyclic) bond motifs is 1. The summed E-state index contributed by atoms with van der Waals surface area (Å²) in [5.74, 6) is 0. The maximum atomic E-state index is 4.00. The van der Waals surface area contributed by atoms with Gasteiger partial charge in [0.15, 0.2) is 5.65 Å². The van der Waals surface area contributed by atoms with Gasteiger partial charge in [-0.2, -0.15) is 0 Å². The lowest BCUT2D eigenvalue weighted by molar-refractivity contribution is 1.30. The second-order valence-corrected chi connectivity index (χ2v) is 1.78. The van der Waals surface area contributed by atoms with Crippen molar-refractivity contribution in [1.29, 1.82) is 0 Å². The second kappa shape index (κ2) is 2.98. The Morgan fingerprint density at radius 1 is 1.30 bits per heavy atom. The van der Waals surface area contributed by atoms with E-state index in [1.807, 2.05) is 12.1 Å². The lowest BCUT2D eigenvalue weighted by Gasteiger charge is -1.80. The number of nitrogens with one attached hydrogen (secondary N) is 1. The first-order valence-corrected chi connectivity index (χ1v) is 2.71. The van der Waals surface area contributed by atoms with Crippen LogP contribution in [0.2, 0.25) is 0 Å². The molecule has 1 N–H and O–H groups in total. The van der Waals surface area contributed by atoms with Crippen LogP contribution >= 0.6 is 0 Å². The molecular formula is C6H5MgN3. The number of imidazole rings is 1. The molecule has 0 unspecified atom stereocenters. The molecule has 4 heteroatoms. The number of hydrogen-bond donors (Lipinski definition) is 1. The van der Waals surface area contributed by atoms with E-state index in [2.05, 4.69) is 15.0 Å². The third-order valence-electron chi connectivity index (χ3n) is 1.19. The van der Waals surface area contributed by atoms with E-state index < -0.39 is 0 Å². The minimum atomic E-state index is 0. The van der Waals surface area contributed by atoms with Gasteiger partial charge < -0.3 is 4.98 Å². The van der Waals surface area contributed by atoms with Gasteiger partial charge in [0.05, 0.1) is 11.8 Å². The molecule has 46 valence electrons. The molecule has 0 aromatic carbocycles. The van der Waals surface area contributed by atoms with Crippen molar-refractivity contribution in [1.82, 2.24) is 15.0 Å². The number of pyridine rings is 1. The van der Waals surface area contributed by atoms with Crippen molar-refractivity contribution in [2.45, 2.75) is 0 Å². The summed E-state index contributed by atoms with van der Waals surface area (Å²) in [6.45, 7) is 0. The molecule has 2 aromatic heterocycles. The molecule has 0 saturated carbocycles. The number of rotatable bonds is 0. The highest BCUT2D eigenvalue weighted by atomic mass is 24.3. The van der Waals surface area contributed by atoms with Gasteiger partial charge in [0, 0.05) is 29.2 Å². The second-order valence-electron chi connectivity index (χ2n) is 1.78. The third-order valence-corrected chi connectivity index (χ3v) is 1.19. The average Bonchev–Trinajstić information content (AvgIpc) is 2.33. The smallest absolute Gasteiger partial charge is 0.177 e. The summed E-state index contributed by atoms with van der Waals surface area (Å²) in [7, 11) is 0. The highest BCUT2D eigenvalue weighted by Gasteiger charge is 1.90. The van der Waals surface area contributed by atoms with E-state index in [1.54, 1.807) is 12.5 Å². The molecule has 0 aliphatic rings. The Morgan fingerprint density at radius 2 is 2.20 bits per heavy atom. The number of hydrogen-bond acceptors (Lipinski definition) is 2. The summed E-state index contributed by atoms with van der Waals surface area (Å²) >= 11 is 0. The number of aromatic nitrogens is 3. The van der Waals surface area contributed by atoms with Crippen molar-refractivity contribution in [2.75, 3.05) is 0 Å². The summed E-state index contributed by atoms with van der Waals surface area (Å²) in [4.78, 5) is 10.9. The van der Waals surface area contributed by atoms with E-state index >= 15 is 0 Å². The first-order chi connectivity index (χ1) is 4.47. The highest BCUT2D eigenvalue weighted by molar-refractivity contribution is 5.75. The average molecular weight is 143 g/mol. The van der Waals surface area contributed by atoms with Crippen LogP contribution in [0.5, 0.6) is 0 Å². The molecular weight excluding hydrogens is 138 g/mol. The summed E-state index contributed by atoms with van der Waals surface area (Å²) in [5.41, 5.74) is 1.76. The van der Waals surface area contributed by atoms with Gasteiger partial charge in [0.1, 0.15) is 0 Å². The monoisotopic (exact) mass is 143 g/mol. The van der Waals surface area contributed by atoms with E-state index in [4.69, 9.17) is 0 Å². The molecule has 0 aliphatic heterocycles. The van der Waals surface area contributed by atoms with Gasteiger partial charge in [-0.15, -0.1) is 0 Å². The molecule has 0 amide bonds. The molecule has 0 spiro atoms. The topological polar surface area (TPSA) is 41.6 Å². The molecule has 3 nitrogen and oxygen atoms in total. The maximum Gasteiger partial charge on any atom is 0.177 e. The molecule has 10 heavy (non-hydrogen) atoms. The van der Waals surface area contributed by atoms with Crippen LogP contribution in [0.15, 0.2) is 24.7 Å². The van der Waals surface area contributed by atoms with Gasteiger partial charge in [-0.1, -0.05) is 0 Å². The molecule has 2 heterocycles. The molecule has 0 aliphatic carbocycles. The van der Waals surface area contributed by atoms with Crippen molar-refractivity contribution < 1.29 is 0 Å². The normalized spacial score (nSPS) is 9.20. The van der Waals surface area contributed by atoms with Crippen LogP contribution in [-0.4, -0.2) is 38.0 Å². The Balaban J connectivity index is 0.000000500. The van der Waals surface area contributed by atoms with E-state index in [1.165, 1.54) is 0 Å². The number of H-pyrrole nitrogens is 1. The van der Waals surface area contributed by atoms with Crippen LogP contribution in [0.3, 0.4) is 0 Å². The Labute approximate surface area is 74.0 Å². The third kappa shape index (κ3) is 1.12. The first-order valence-electron chi connectivity index (χ1n) is 2.71. The summed E-state index contributed by atoms with van der Waals surface area (Å²) in [6, 6.07) is 3.82. The lowest BCUT2D eigenvalue weighted by atomic mass is 10.4. The largest absolute Gasteiger partial charge is 0.343 e. The van der Waals surface area contributed by atoms with Crippen molar-refractivity contribution in [3.8, 4) is 0 Å². The first kappa shape index (κ1) is 7.49. The Bertz CT molecular complexity index is 287. The van der Waals surface area contributed by atoms with Crippen LogP contribution in [-0.2, 0) is 0 Å². The zero-order valence-corrected chi connectivity index (χ0v) is 6.83. The van der Waals surface area contributed by atoms with E-state index in [9.17, 15) is 0 Å². The Kier molecular flexibility index (Phi) is 2.23. The van der Waals surface area contributed by atoms with Crippen molar-refractivity contribution in [3.05, 3.63) is 24.7 Å². The van der Waals surface area contributed by atoms with Crippen LogP contribution in [0.25, 0.3) is 11.2 Å².